The molecule has 2 heteroatoms. The van der Waals surface area contributed by atoms with E-state index >= 15 is 0 Å². The minimum absolute atomic E-state index is 0.503. The van der Waals surface area contributed by atoms with E-state index in [-0.39, 0.29) is 0 Å². The molecule has 0 spiro atoms. The third-order valence-electron chi connectivity index (χ3n) is 7.45. The summed E-state index contributed by atoms with van der Waals surface area (Å²) in [4.78, 5) is 0. The fourth-order valence-electron chi connectivity index (χ4n) is 5.61. The van der Waals surface area contributed by atoms with Gasteiger partial charge in [0, 0.05) is 0 Å². The summed E-state index contributed by atoms with van der Waals surface area (Å²) < 4.78 is 2.09. The summed E-state index contributed by atoms with van der Waals surface area (Å²) in [5, 5.41) is 1.60. The number of benzene rings is 4. The van der Waals surface area contributed by atoms with E-state index in [0.29, 0.717) is 3.63 Å². The van der Waals surface area contributed by atoms with Crippen LogP contribution < -0.4 is 0 Å². The van der Waals surface area contributed by atoms with Crippen LogP contribution in [0.1, 0.15) is 37.9 Å². The minimum atomic E-state index is -1.33. The van der Waals surface area contributed by atoms with Crippen LogP contribution in [-0.4, -0.2) is 11.3 Å². The summed E-state index contributed by atoms with van der Waals surface area (Å²) in [5.74, 6) is 0. The van der Waals surface area contributed by atoms with Crippen LogP contribution in [0.3, 0.4) is 0 Å². The van der Waals surface area contributed by atoms with Crippen molar-refractivity contribution >= 4 is 16.9 Å². The standard InChI is InChI=1S/C21H21Si.C13H10.Zr/c1-22(2,3)17-12-11-16(13-17)19-9-6-10-20-18-8-5-4-7-15(18)14-21(19)20;1-3-7-12(8-4-1)11-13-9-5-2-6-10-13;/h4-10,12-14H,11H2,1-3H3;1-10H;. The summed E-state index contributed by atoms with van der Waals surface area (Å²) in [5.41, 5.74) is 11.8. The molecule has 0 aliphatic heterocycles. The molecule has 2 aliphatic carbocycles. The van der Waals surface area contributed by atoms with Gasteiger partial charge in [-0.2, -0.15) is 0 Å². The van der Waals surface area contributed by atoms with E-state index in [0.717, 1.165) is 6.42 Å². The van der Waals surface area contributed by atoms with Crippen molar-refractivity contribution in [2.75, 3.05) is 0 Å². The second kappa shape index (κ2) is 9.66. The van der Waals surface area contributed by atoms with Crippen molar-refractivity contribution in [1.29, 1.82) is 0 Å². The van der Waals surface area contributed by atoms with Crippen LogP contribution in [0.4, 0.5) is 0 Å². The first-order valence-electron chi connectivity index (χ1n) is 12.9. The third-order valence-corrected chi connectivity index (χ3v) is 13.8. The molecule has 0 N–H and O–H groups in total. The number of hydrogen-bond acceptors (Lipinski definition) is 0. The number of fused-ring (bicyclic) bond motifs is 3. The second-order valence-electron chi connectivity index (χ2n) is 10.8. The molecule has 0 amide bonds. The molecule has 175 valence electrons. The van der Waals surface area contributed by atoms with Crippen LogP contribution in [0.25, 0.3) is 16.7 Å². The van der Waals surface area contributed by atoms with Crippen LogP contribution in [0.15, 0.2) is 120 Å². The predicted octanol–water partition coefficient (Wildman–Crippen LogP) is 8.70. The topological polar surface area (TPSA) is 0 Å². The van der Waals surface area contributed by atoms with Crippen molar-refractivity contribution in [3.05, 3.63) is 148 Å². The summed E-state index contributed by atoms with van der Waals surface area (Å²) in [6.45, 7) is 7.38. The van der Waals surface area contributed by atoms with E-state index in [1.807, 2.05) is 0 Å². The second-order valence-corrected chi connectivity index (χ2v) is 19.3. The third kappa shape index (κ3) is 4.36. The molecule has 0 radical (unpaired) electrons. The molecule has 0 aromatic heterocycles. The number of rotatable bonds is 5. The predicted molar refractivity (Wildman–Crippen MR) is 154 cm³/mol. The van der Waals surface area contributed by atoms with Gasteiger partial charge in [-0.3, -0.25) is 0 Å². The van der Waals surface area contributed by atoms with Gasteiger partial charge in [-0.25, -0.2) is 0 Å². The Morgan fingerprint density at radius 1 is 0.667 bits per heavy atom. The number of hydrogen-bond donors (Lipinski definition) is 0. The molecular formula is C34H31SiZr. The van der Waals surface area contributed by atoms with Gasteiger partial charge in [0.15, 0.2) is 0 Å². The first kappa shape index (κ1) is 23.7. The fourth-order valence-corrected chi connectivity index (χ4v) is 11.4. The van der Waals surface area contributed by atoms with E-state index in [1.165, 1.54) is 39.0 Å². The Hall–Kier alpha value is -2.67. The first-order chi connectivity index (χ1) is 17.5. The Bertz CT molecular complexity index is 1480. The molecule has 0 saturated carbocycles. The van der Waals surface area contributed by atoms with Crippen molar-refractivity contribution in [3.63, 3.8) is 0 Å². The Morgan fingerprint density at radius 3 is 1.89 bits per heavy atom. The molecular weight excluding hydrogens is 528 g/mol. The molecule has 0 bridgehead atoms. The van der Waals surface area contributed by atoms with Gasteiger partial charge >= 0.3 is 229 Å². The summed E-state index contributed by atoms with van der Waals surface area (Å²) >= 11 is -1.10. The average Bonchev–Trinajstić information content (AvgIpc) is 3.52. The van der Waals surface area contributed by atoms with Gasteiger partial charge in [0.1, 0.15) is 0 Å². The van der Waals surface area contributed by atoms with Crippen molar-refractivity contribution in [1.82, 2.24) is 0 Å². The zero-order chi connectivity index (χ0) is 24.7. The van der Waals surface area contributed by atoms with E-state index < -0.39 is 30.8 Å². The zero-order valence-electron chi connectivity index (χ0n) is 21.3. The van der Waals surface area contributed by atoms with Gasteiger partial charge in [-0.05, 0) is 0 Å². The molecule has 4 aromatic rings. The van der Waals surface area contributed by atoms with Gasteiger partial charge in [-0.1, -0.05) is 0 Å². The Labute approximate surface area is 227 Å². The van der Waals surface area contributed by atoms with E-state index in [9.17, 15) is 0 Å². The van der Waals surface area contributed by atoms with Gasteiger partial charge in [-0.15, -0.1) is 0 Å². The van der Waals surface area contributed by atoms with Gasteiger partial charge in [0.2, 0.25) is 0 Å². The molecule has 1 unspecified atom stereocenters. The molecule has 6 rings (SSSR count). The molecule has 4 aromatic carbocycles. The Morgan fingerprint density at radius 2 is 1.25 bits per heavy atom. The normalized spacial score (nSPS) is 16.0. The SMILES string of the molecule is C[Si](C)(C)C1=CCC(c2cccc3c2[CH]([Zr]=[C](c2ccccc2)c2ccccc2)c2ccccc2-3)=C1. The Balaban J connectivity index is 1.57. The average molecular weight is 559 g/mol. The summed E-state index contributed by atoms with van der Waals surface area (Å²) in [6, 6.07) is 38.5. The van der Waals surface area contributed by atoms with Crippen LogP contribution in [0, 0.1) is 0 Å². The van der Waals surface area contributed by atoms with Crippen molar-refractivity contribution in [3.8, 4) is 11.1 Å². The van der Waals surface area contributed by atoms with Crippen molar-refractivity contribution in [2.45, 2.75) is 29.7 Å². The van der Waals surface area contributed by atoms with Gasteiger partial charge in [0.25, 0.3) is 0 Å². The Kier molecular flexibility index (Phi) is 6.36. The maximum absolute atomic E-state index is 2.53. The summed E-state index contributed by atoms with van der Waals surface area (Å²) in [7, 11) is -1.33. The van der Waals surface area contributed by atoms with Crippen LogP contribution in [0.2, 0.25) is 19.6 Å². The van der Waals surface area contributed by atoms with Crippen LogP contribution in [0.5, 0.6) is 0 Å². The summed E-state index contributed by atoms with van der Waals surface area (Å²) in [6.07, 6.45) is 6.10. The number of allylic oxidation sites excluding steroid dienone is 4. The van der Waals surface area contributed by atoms with Crippen molar-refractivity contribution < 1.29 is 22.8 Å². The quantitative estimate of drug-likeness (QED) is 0.215. The molecule has 0 nitrogen and oxygen atoms in total. The van der Waals surface area contributed by atoms with Crippen molar-refractivity contribution in [2.24, 2.45) is 0 Å². The van der Waals surface area contributed by atoms with Gasteiger partial charge in [0.05, 0.1) is 0 Å². The molecule has 0 fully saturated rings. The molecule has 0 heterocycles. The zero-order valence-corrected chi connectivity index (χ0v) is 24.7. The molecule has 0 saturated heterocycles. The maximum atomic E-state index is 2.53. The molecule has 1 atom stereocenters. The van der Waals surface area contributed by atoms with Gasteiger partial charge < -0.3 is 0 Å². The fraction of sp³-hybridized carbons (Fsp3) is 0.147. The van der Waals surface area contributed by atoms with Crippen LogP contribution in [-0.2, 0) is 22.8 Å². The van der Waals surface area contributed by atoms with E-state index in [1.54, 1.807) is 14.0 Å². The van der Waals surface area contributed by atoms with E-state index in [4.69, 9.17) is 0 Å². The monoisotopic (exact) mass is 557 g/mol. The molecule has 2 aliphatic rings. The molecule has 36 heavy (non-hydrogen) atoms. The first-order valence-corrected chi connectivity index (χ1v) is 19.0. The van der Waals surface area contributed by atoms with Crippen LogP contribution >= 0.6 is 0 Å². The van der Waals surface area contributed by atoms with E-state index in [2.05, 4.69) is 135 Å².